The predicted octanol–water partition coefficient (Wildman–Crippen LogP) is 2.82. The lowest BCUT2D eigenvalue weighted by atomic mass is 10.1. The molecule has 0 N–H and O–H groups in total. The Morgan fingerprint density at radius 2 is 1.84 bits per heavy atom. The second-order valence-electron chi connectivity index (χ2n) is 3.88. The molecule has 0 radical (unpaired) electrons. The molecule has 0 spiro atoms. The summed E-state index contributed by atoms with van der Waals surface area (Å²) >= 11 is 0. The van der Waals surface area contributed by atoms with Crippen molar-refractivity contribution in [1.82, 2.24) is 4.57 Å². The topological polar surface area (TPSA) is 57.5 Å². The van der Waals surface area contributed by atoms with Crippen molar-refractivity contribution < 1.29 is 19.1 Å². The van der Waals surface area contributed by atoms with Crippen LogP contribution in [0, 0.1) is 0 Å². The van der Waals surface area contributed by atoms with Gasteiger partial charge in [0.05, 0.1) is 24.3 Å². The molecule has 0 aliphatic carbocycles. The number of benzene rings is 1. The second kappa shape index (κ2) is 5.56. The van der Waals surface area contributed by atoms with Crippen molar-refractivity contribution in [3.63, 3.8) is 0 Å². The van der Waals surface area contributed by atoms with Gasteiger partial charge in [-0.3, -0.25) is 4.57 Å². The summed E-state index contributed by atoms with van der Waals surface area (Å²) < 4.78 is 11.3. The Kier molecular flexibility index (Phi) is 3.85. The van der Waals surface area contributed by atoms with Crippen molar-refractivity contribution in [3.05, 3.63) is 36.0 Å². The molecule has 0 saturated carbocycles. The van der Waals surface area contributed by atoms with Gasteiger partial charge in [-0.2, -0.15) is 0 Å². The van der Waals surface area contributed by atoms with Crippen LogP contribution in [0.3, 0.4) is 0 Å². The Balaban J connectivity index is 2.36. The maximum Gasteiger partial charge on any atom is 0.418 e. The second-order valence-corrected chi connectivity index (χ2v) is 3.88. The van der Waals surface area contributed by atoms with Crippen LogP contribution in [0.25, 0.3) is 10.9 Å². The van der Waals surface area contributed by atoms with Crippen LogP contribution in [-0.2, 0) is 9.47 Å². The maximum absolute atomic E-state index is 11.7. The minimum atomic E-state index is -0.429. The van der Waals surface area contributed by atoms with E-state index in [9.17, 15) is 9.59 Å². The third-order valence-electron chi connectivity index (χ3n) is 2.67. The Morgan fingerprint density at radius 1 is 1.11 bits per heavy atom. The lowest BCUT2D eigenvalue weighted by molar-refractivity contribution is 0.0526. The highest BCUT2D eigenvalue weighted by molar-refractivity contribution is 5.97. The lowest BCUT2D eigenvalue weighted by Crippen LogP contribution is -2.12. The Morgan fingerprint density at radius 3 is 2.53 bits per heavy atom. The number of rotatable bonds is 3. The highest BCUT2D eigenvalue weighted by atomic mass is 16.5. The number of hydrogen-bond donors (Lipinski definition) is 0. The Labute approximate surface area is 110 Å². The molecule has 19 heavy (non-hydrogen) atoms. The average Bonchev–Trinajstić information content (AvgIpc) is 2.82. The van der Waals surface area contributed by atoms with Gasteiger partial charge in [-0.1, -0.05) is 0 Å². The minimum absolute atomic E-state index is 0.319. The van der Waals surface area contributed by atoms with E-state index in [1.165, 1.54) is 4.57 Å². The van der Waals surface area contributed by atoms with Crippen LogP contribution in [0.15, 0.2) is 30.5 Å². The lowest BCUT2D eigenvalue weighted by Gasteiger charge is -2.05. The molecule has 1 aromatic heterocycles. The number of carbonyl (C=O) groups excluding carboxylic acids is 2. The van der Waals surface area contributed by atoms with Crippen LogP contribution in [0.1, 0.15) is 24.2 Å². The first-order chi connectivity index (χ1) is 9.17. The van der Waals surface area contributed by atoms with Crippen molar-refractivity contribution in [3.8, 4) is 0 Å². The molecule has 0 fully saturated rings. The first-order valence-corrected chi connectivity index (χ1v) is 6.12. The van der Waals surface area contributed by atoms with Crippen molar-refractivity contribution >= 4 is 23.0 Å². The van der Waals surface area contributed by atoms with Crippen molar-refractivity contribution in [2.24, 2.45) is 0 Å². The van der Waals surface area contributed by atoms with Crippen LogP contribution in [0.2, 0.25) is 0 Å². The van der Waals surface area contributed by atoms with E-state index in [-0.39, 0.29) is 5.97 Å². The molecule has 0 atom stereocenters. The zero-order chi connectivity index (χ0) is 13.8. The normalized spacial score (nSPS) is 10.4. The van der Waals surface area contributed by atoms with Gasteiger partial charge in [0.25, 0.3) is 0 Å². The summed E-state index contributed by atoms with van der Waals surface area (Å²) in [7, 11) is 0. The number of nitrogens with zero attached hydrogens (tertiary/aromatic N) is 1. The highest BCUT2D eigenvalue weighted by Gasteiger charge is 2.12. The number of esters is 1. The molecule has 5 heteroatoms. The van der Waals surface area contributed by atoms with Crippen molar-refractivity contribution in [2.75, 3.05) is 13.2 Å². The smallest absolute Gasteiger partial charge is 0.418 e. The largest absolute Gasteiger partial charge is 0.462 e. The van der Waals surface area contributed by atoms with Gasteiger partial charge in [0.15, 0.2) is 0 Å². The van der Waals surface area contributed by atoms with E-state index < -0.39 is 6.09 Å². The first-order valence-electron chi connectivity index (χ1n) is 6.12. The third-order valence-corrected chi connectivity index (χ3v) is 2.67. The highest BCUT2D eigenvalue weighted by Crippen LogP contribution is 2.18. The van der Waals surface area contributed by atoms with E-state index in [1.807, 2.05) is 0 Å². The average molecular weight is 261 g/mol. The summed E-state index contributed by atoms with van der Waals surface area (Å²) in [6.45, 7) is 4.16. The van der Waals surface area contributed by atoms with Gasteiger partial charge >= 0.3 is 12.1 Å². The van der Waals surface area contributed by atoms with E-state index in [2.05, 4.69) is 0 Å². The van der Waals surface area contributed by atoms with Crippen LogP contribution in [0.4, 0.5) is 4.79 Å². The number of aromatic nitrogens is 1. The summed E-state index contributed by atoms with van der Waals surface area (Å²) in [6.07, 6.45) is 1.19. The fourth-order valence-corrected chi connectivity index (χ4v) is 1.84. The molecule has 2 aromatic rings. The summed E-state index contributed by atoms with van der Waals surface area (Å²) in [5.74, 6) is -0.367. The van der Waals surface area contributed by atoms with Gasteiger partial charge in [-0.25, -0.2) is 9.59 Å². The van der Waals surface area contributed by atoms with Crippen LogP contribution in [0.5, 0.6) is 0 Å². The molecule has 0 amide bonds. The summed E-state index contributed by atoms with van der Waals surface area (Å²) in [5, 5.41) is 0.790. The van der Waals surface area contributed by atoms with E-state index in [1.54, 1.807) is 44.3 Å². The van der Waals surface area contributed by atoms with Crippen molar-refractivity contribution in [1.29, 1.82) is 0 Å². The summed E-state index contributed by atoms with van der Waals surface area (Å²) in [6, 6.07) is 6.80. The van der Waals surface area contributed by atoms with E-state index in [0.29, 0.717) is 24.3 Å². The van der Waals surface area contributed by atoms with Crippen LogP contribution < -0.4 is 0 Å². The molecule has 100 valence electrons. The van der Waals surface area contributed by atoms with Gasteiger partial charge in [-0.15, -0.1) is 0 Å². The third kappa shape index (κ3) is 2.59. The number of fused-ring (bicyclic) bond motifs is 1. The molecular weight excluding hydrogens is 246 g/mol. The van der Waals surface area contributed by atoms with Crippen LogP contribution in [-0.4, -0.2) is 29.8 Å². The fraction of sp³-hybridized carbons (Fsp3) is 0.286. The van der Waals surface area contributed by atoms with Crippen LogP contribution >= 0.6 is 0 Å². The van der Waals surface area contributed by atoms with Crippen molar-refractivity contribution in [2.45, 2.75) is 13.8 Å². The minimum Gasteiger partial charge on any atom is -0.462 e. The fourth-order valence-electron chi connectivity index (χ4n) is 1.84. The molecule has 2 rings (SSSR count). The Hall–Kier alpha value is -2.30. The Bertz CT molecular complexity index is 615. The molecule has 0 aliphatic heterocycles. The van der Waals surface area contributed by atoms with Gasteiger partial charge in [0.2, 0.25) is 0 Å². The molecule has 5 nitrogen and oxygen atoms in total. The molecule has 0 unspecified atom stereocenters. The summed E-state index contributed by atoms with van der Waals surface area (Å²) in [5.41, 5.74) is 1.17. The quantitative estimate of drug-likeness (QED) is 0.797. The van der Waals surface area contributed by atoms with Gasteiger partial charge in [0.1, 0.15) is 0 Å². The van der Waals surface area contributed by atoms with E-state index in [4.69, 9.17) is 9.47 Å². The number of hydrogen-bond acceptors (Lipinski definition) is 4. The molecule has 0 saturated heterocycles. The van der Waals surface area contributed by atoms with E-state index in [0.717, 1.165) is 5.39 Å². The van der Waals surface area contributed by atoms with E-state index >= 15 is 0 Å². The molecular formula is C14H15NO4. The molecule has 1 heterocycles. The zero-order valence-corrected chi connectivity index (χ0v) is 10.9. The predicted molar refractivity (Wildman–Crippen MR) is 70.3 cm³/mol. The maximum atomic E-state index is 11.7. The number of carbonyl (C=O) groups is 2. The molecule has 1 aromatic carbocycles. The van der Waals surface area contributed by atoms with Gasteiger partial charge in [-0.05, 0) is 38.1 Å². The SMILES string of the molecule is CCOC(=O)c1ccc2c(ccn2C(=O)OCC)c1. The number of ether oxygens (including phenoxy) is 2. The standard InChI is InChI=1S/C14H15NO4/c1-3-18-13(16)11-5-6-12-10(9-11)7-8-15(12)14(17)19-4-2/h5-9H,3-4H2,1-2H3. The molecule has 0 bridgehead atoms. The molecule has 0 aliphatic rings. The first kappa shape index (κ1) is 13.1. The van der Waals surface area contributed by atoms with Gasteiger partial charge < -0.3 is 9.47 Å². The monoisotopic (exact) mass is 261 g/mol. The summed E-state index contributed by atoms with van der Waals surface area (Å²) in [4.78, 5) is 23.3. The zero-order valence-electron chi connectivity index (χ0n) is 10.9. The van der Waals surface area contributed by atoms with Gasteiger partial charge in [0, 0.05) is 11.6 Å².